The van der Waals surface area contributed by atoms with Crippen molar-refractivity contribution in [2.24, 2.45) is 0 Å². The fourth-order valence-electron chi connectivity index (χ4n) is 0. The second-order valence-electron chi connectivity index (χ2n) is 0.491. The van der Waals surface area contributed by atoms with Crippen molar-refractivity contribution < 1.29 is 30.2 Å². The van der Waals surface area contributed by atoms with Crippen LogP contribution < -0.4 is 4.89 Å². The quantitative estimate of drug-likeness (QED) is 0.288. The molecule has 0 saturated heterocycles. The summed E-state index contributed by atoms with van der Waals surface area (Å²) in [6.45, 7) is 0. The minimum Gasteiger partial charge on any atom is -0.756 e. The van der Waals surface area contributed by atoms with Crippen LogP contribution in [0.3, 0.4) is 0 Å². The van der Waals surface area contributed by atoms with Crippen LogP contribution in [0.1, 0.15) is 0 Å². The molecule has 0 fully saturated rings. The van der Waals surface area contributed by atoms with E-state index in [1.165, 1.54) is 0 Å². The van der Waals surface area contributed by atoms with Gasteiger partial charge in [0.05, 0.1) is 0 Å². The van der Waals surface area contributed by atoms with Crippen molar-refractivity contribution in [2.75, 3.05) is 0 Å². The van der Waals surface area contributed by atoms with Crippen molar-refractivity contribution in [2.45, 2.75) is 0 Å². The van der Waals surface area contributed by atoms with Gasteiger partial charge < -0.3 is 25.6 Å². The Morgan fingerprint density at radius 1 is 1.25 bits per heavy atom. The first-order chi connectivity index (χ1) is 2.00. The Labute approximate surface area is 75.4 Å². The molecule has 0 spiro atoms. The van der Waals surface area contributed by atoms with Crippen molar-refractivity contribution in [3.63, 3.8) is 0 Å². The van der Waals surface area contributed by atoms with Gasteiger partial charge in [-0.2, -0.15) is 0 Å². The summed E-state index contributed by atoms with van der Waals surface area (Å²) in [4.78, 5) is 22.9. The molecule has 0 amide bonds. The fourth-order valence-corrected chi connectivity index (χ4v) is 0. The van der Waals surface area contributed by atoms with Crippen LogP contribution in [-0.4, -0.2) is 58.5 Å². The third kappa shape index (κ3) is 173. The van der Waals surface area contributed by atoms with Crippen LogP contribution in [-0.2, 0) is 4.57 Å². The van der Waals surface area contributed by atoms with Crippen LogP contribution in [0.15, 0.2) is 0 Å². The van der Waals surface area contributed by atoms with Gasteiger partial charge in [-0.15, -0.1) is 0 Å². The first kappa shape index (κ1) is 22.8. The summed E-state index contributed by atoms with van der Waals surface area (Å²) < 4.78 is 8.77. The monoisotopic (exact) mass is 173 g/mol. The van der Waals surface area contributed by atoms with Crippen molar-refractivity contribution in [1.82, 2.24) is 0 Å². The smallest absolute Gasteiger partial charge is 0.756 e. The standard InChI is InChI=1S/Ca.H3O4P.2H2O/c;1-5(2,3)4;;/h;(H3,1,2,3,4);2*1H2/q+2;;;/p-1. The Morgan fingerprint density at radius 2 is 1.25 bits per heavy atom. The second-order valence-corrected chi connectivity index (χ2v) is 1.47. The van der Waals surface area contributed by atoms with E-state index in [1.54, 1.807) is 0 Å². The minimum absolute atomic E-state index is 0. The summed E-state index contributed by atoms with van der Waals surface area (Å²) in [7, 11) is -4.89. The van der Waals surface area contributed by atoms with E-state index in [1.807, 2.05) is 0 Å². The molecule has 0 bridgehead atoms. The number of phosphoric acid groups is 1. The maximum Gasteiger partial charge on any atom is 2.00 e. The summed E-state index contributed by atoms with van der Waals surface area (Å²) in [5, 5.41) is 0. The molecule has 0 atom stereocenters. The Balaban J connectivity index is -0.0000000267. The molecule has 0 aromatic carbocycles. The molecular weight excluding hydrogens is 167 g/mol. The average molecular weight is 173 g/mol. The Bertz CT molecular complexity index is 54.7. The third-order valence-electron chi connectivity index (χ3n) is 0. The Hall–Kier alpha value is 1.29. The Morgan fingerprint density at radius 3 is 1.25 bits per heavy atom. The van der Waals surface area contributed by atoms with Gasteiger partial charge in [0.1, 0.15) is 0 Å². The van der Waals surface area contributed by atoms with E-state index in [4.69, 9.17) is 19.2 Å². The molecule has 8 heavy (non-hydrogen) atoms. The van der Waals surface area contributed by atoms with Gasteiger partial charge in [-0.05, 0) is 0 Å². The van der Waals surface area contributed by atoms with E-state index >= 15 is 0 Å². The molecule has 0 aromatic rings. The number of rotatable bonds is 0. The van der Waals surface area contributed by atoms with Gasteiger partial charge in [0, 0.05) is 0 Å². The van der Waals surface area contributed by atoms with Gasteiger partial charge in [-0.25, -0.2) is 0 Å². The largest absolute Gasteiger partial charge is 2.00 e. The maximum absolute atomic E-state index is 8.77. The first-order valence-electron chi connectivity index (χ1n) is 0.765. The SMILES string of the molecule is O.O.O=P([O-])(O)O.[Ca+2]. The van der Waals surface area contributed by atoms with Crippen molar-refractivity contribution in [3.8, 4) is 0 Å². The normalized spacial score (nSPS) is 7.38. The zero-order valence-electron chi connectivity index (χ0n) is 3.87. The summed E-state index contributed by atoms with van der Waals surface area (Å²) in [6.07, 6.45) is 0. The average Bonchev–Trinajstić information content (AvgIpc) is 0.722. The molecule has 48 valence electrons. The van der Waals surface area contributed by atoms with Gasteiger partial charge in [0.2, 0.25) is 0 Å². The summed E-state index contributed by atoms with van der Waals surface area (Å²) in [6, 6.07) is 0. The molecule has 0 radical (unpaired) electrons. The molecule has 0 aliphatic heterocycles. The maximum atomic E-state index is 8.77. The first-order valence-corrected chi connectivity index (χ1v) is 2.30. The predicted octanol–water partition coefficient (Wildman–Crippen LogP) is -3.59. The summed E-state index contributed by atoms with van der Waals surface area (Å²) in [5.41, 5.74) is 0. The van der Waals surface area contributed by atoms with E-state index in [9.17, 15) is 0 Å². The van der Waals surface area contributed by atoms with Crippen molar-refractivity contribution >= 4 is 45.6 Å². The molecule has 0 rings (SSSR count). The molecule has 6 nitrogen and oxygen atoms in total. The second kappa shape index (κ2) is 8.29. The zero-order valence-corrected chi connectivity index (χ0v) is 6.97. The van der Waals surface area contributed by atoms with Gasteiger partial charge in [-0.3, -0.25) is 4.57 Å². The predicted molar refractivity (Wildman–Crippen MR) is 25.0 cm³/mol. The molecule has 8 heteroatoms. The molecule has 6 N–H and O–H groups in total. The molecule has 0 saturated carbocycles. The number of hydrogen-bond donors (Lipinski definition) is 2. The molecule has 0 unspecified atom stereocenters. The van der Waals surface area contributed by atoms with Crippen molar-refractivity contribution in [3.05, 3.63) is 0 Å². The summed E-state index contributed by atoms with van der Waals surface area (Å²) >= 11 is 0. The minimum atomic E-state index is -4.89. The van der Waals surface area contributed by atoms with Crippen LogP contribution >= 0.6 is 7.82 Å². The van der Waals surface area contributed by atoms with Gasteiger partial charge in [0.25, 0.3) is 7.82 Å². The van der Waals surface area contributed by atoms with E-state index in [0.717, 1.165) is 0 Å². The molecular formula is H6CaO6P+. The van der Waals surface area contributed by atoms with Gasteiger partial charge >= 0.3 is 37.7 Å². The molecule has 0 aliphatic carbocycles. The van der Waals surface area contributed by atoms with E-state index in [-0.39, 0.29) is 48.7 Å². The van der Waals surface area contributed by atoms with Gasteiger partial charge in [-0.1, -0.05) is 0 Å². The van der Waals surface area contributed by atoms with E-state index < -0.39 is 7.82 Å². The van der Waals surface area contributed by atoms with Crippen molar-refractivity contribution in [1.29, 1.82) is 0 Å². The van der Waals surface area contributed by atoms with Crippen LogP contribution in [0.25, 0.3) is 0 Å². The van der Waals surface area contributed by atoms with Gasteiger partial charge in [0.15, 0.2) is 0 Å². The molecule has 0 aromatic heterocycles. The van der Waals surface area contributed by atoms with E-state index in [2.05, 4.69) is 0 Å². The van der Waals surface area contributed by atoms with Crippen LogP contribution in [0.2, 0.25) is 0 Å². The Kier molecular flexibility index (Phi) is 23.6. The molecule has 0 aliphatic rings. The number of hydrogen-bond acceptors (Lipinski definition) is 2. The molecule has 0 heterocycles. The third-order valence-corrected chi connectivity index (χ3v) is 0. The topological polar surface area (TPSA) is 144 Å². The van der Waals surface area contributed by atoms with Crippen LogP contribution in [0.4, 0.5) is 0 Å². The summed E-state index contributed by atoms with van der Waals surface area (Å²) in [5.74, 6) is 0. The van der Waals surface area contributed by atoms with E-state index in [0.29, 0.717) is 0 Å². The van der Waals surface area contributed by atoms with Crippen LogP contribution in [0, 0.1) is 0 Å². The van der Waals surface area contributed by atoms with Crippen LogP contribution in [0.5, 0.6) is 0 Å². The fraction of sp³-hybridized carbons (Fsp3) is 0. The zero-order chi connectivity index (χ0) is 4.50.